The van der Waals surface area contributed by atoms with Crippen LogP contribution in [0.25, 0.3) is 11.3 Å². The van der Waals surface area contributed by atoms with Crippen molar-refractivity contribution in [1.29, 1.82) is 0 Å². The van der Waals surface area contributed by atoms with Crippen LogP contribution < -0.4 is 10.1 Å². The van der Waals surface area contributed by atoms with Crippen molar-refractivity contribution in [2.24, 2.45) is 0 Å². The Kier molecular flexibility index (Phi) is 6.07. The zero-order valence-corrected chi connectivity index (χ0v) is 18.9. The normalized spacial score (nSPS) is 15.5. The van der Waals surface area contributed by atoms with Gasteiger partial charge in [-0.2, -0.15) is 0 Å². The molecule has 1 aromatic heterocycles. The van der Waals surface area contributed by atoms with Crippen molar-refractivity contribution in [3.05, 3.63) is 70.8 Å². The molecule has 0 saturated heterocycles. The van der Waals surface area contributed by atoms with Crippen molar-refractivity contribution in [1.82, 2.24) is 9.97 Å². The summed E-state index contributed by atoms with van der Waals surface area (Å²) in [6.07, 6.45) is 7.50. The lowest BCUT2D eigenvalue weighted by Gasteiger charge is -2.26. The van der Waals surface area contributed by atoms with Crippen LogP contribution in [0.4, 0.5) is 10.2 Å². The average molecular weight is 446 g/mol. The van der Waals surface area contributed by atoms with Gasteiger partial charge in [-0.1, -0.05) is 31.4 Å². The van der Waals surface area contributed by atoms with E-state index in [4.69, 9.17) is 14.7 Å². The summed E-state index contributed by atoms with van der Waals surface area (Å²) in [6, 6.07) is 12.1. The van der Waals surface area contributed by atoms with E-state index in [0.717, 1.165) is 59.6 Å². The SMILES string of the molecule is COc1ccc2c(c1)CCc1nc(NC(=O)Cc3ccc(F)cc3)c(C3CCCCC3)nc1-2. The van der Waals surface area contributed by atoms with Gasteiger partial charge in [0.15, 0.2) is 5.82 Å². The van der Waals surface area contributed by atoms with E-state index in [0.29, 0.717) is 11.7 Å². The zero-order chi connectivity index (χ0) is 22.8. The Morgan fingerprint density at radius 3 is 2.61 bits per heavy atom. The number of methoxy groups -OCH3 is 1. The molecule has 2 aromatic carbocycles. The molecule has 3 aromatic rings. The molecule has 0 radical (unpaired) electrons. The maximum atomic E-state index is 13.2. The van der Waals surface area contributed by atoms with E-state index in [1.165, 1.54) is 37.0 Å². The van der Waals surface area contributed by atoms with Gasteiger partial charge in [0, 0.05) is 11.5 Å². The summed E-state index contributed by atoms with van der Waals surface area (Å²) in [6.45, 7) is 0. The molecule has 1 heterocycles. The van der Waals surface area contributed by atoms with Crippen molar-refractivity contribution in [3.63, 3.8) is 0 Å². The van der Waals surface area contributed by atoms with Gasteiger partial charge in [0.25, 0.3) is 0 Å². The van der Waals surface area contributed by atoms with E-state index in [1.54, 1.807) is 19.2 Å². The minimum Gasteiger partial charge on any atom is -0.497 e. The summed E-state index contributed by atoms with van der Waals surface area (Å²) in [5, 5.41) is 3.04. The van der Waals surface area contributed by atoms with Gasteiger partial charge in [0.05, 0.1) is 30.6 Å². The van der Waals surface area contributed by atoms with Gasteiger partial charge in [-0.05, 0) is 67.1 Å². The molecule has 1 fully saturated rings. The molecule has 2 aliphatic carbocycles. The maximum absolute atomic E-state index is 13.2. The first-order chi connectivity index (χ1) is 16.1. The number of ether oxygens (including phenoxy) is 1. The number of nitrogens with zero attached hydrogens (tertiary/aromatic N) is 2. The first-order valence-corrected chi connectivity index (χ1v) is 11.7. The molecule has 0 aliphatic heterocycles. The number of hydrogen-bond donors (Lipinski definition) is 1. The van der Waals surface area contributed by atoms with Crippen LogP contribution in [0.3, 0.4) is 0 Å². The predicted octanol–water partition coefficient (Wildman–Crippen LogP) is 5.62. The lowest BCUT2D eigenvalue weighted by atomic mass is 9.85. The first kappa shape index (κ1) is 21.6. The molecule has 5 rings (SSSR count). The second-order valence-electron chi connectivity index (χ2n) is 8.96. The number of anilines is 1. The number of rotatable bonds is 5. The van der Waals surface area contributed by atoms with Crippen molar-refractivity contribution >= 4 is 11.7 Å². The van der Waals surface area contributed by atoms with Crippen LogP contribution in [0.15, 0.2) is 42.5 Å². The van der Waals surface area contributed by atoms with Crippen LogP contribution in [0.5, 0.6) is 5.75 Å². The second kappa shape index (κ2) is 9.30. The van der Waals surface area contributed by atoms with Crippen molar-refractivity contribution < 1.29 is 13.9 Å². The maximum Gasteiger partial charge on any atom is 0.229 e. The predicted molar refractivity (Wildman–Crippen MR) is 126 cm³/mol. The fraction of sp³-hybridized carbons (Fsp3) is 0.370. The number of carbonyl (C=O) groups excluding carboxylic acids is 1. The van der Waals surface area contributed by atoms with Crippen LogP contribution in [0.1, 0.15) is 60.5 Å². The van der Waals surface area contributed by atoms with Gasteiger partial charge >= 0.3 is 0 Å². The van der Waals surface area contributed by atoms with Gasteiger partial charge in [-0.25, -0.2) is 14.4 Å². The molecule has 0 bridgehead atoms. The lowest BCUT2D eigenvalue weighted by Crippen LogP contribution is -2.21. The molecule has 5 nitrogen and oxygen atoms in total. The summed E-state index contributed by atoms with van der Waals surface area (Å²) in [7, 11) is 1.68. The van der Waals surface area contributed by atoms with Gasteiger partial charge in [0.1, 0.15) is 11.6 Å². The number of fused-ring (bicyclic) bond motifs is 3. The third kappa shape index (κ3) is 4.61. The van der Waals surface area contributed by atoms with Crippen molar-refractivity contribution in [3.8, 4) is 17.0 Å². The molecule has 170 valence electrons. The summed E-state index contributed by atoms with van der Waals surface area (Å²) >= 11 is 0. The number of hydrogen-bond acceptors (Lipinski definition) is 4. The fourth-order valence-corrected chi connectivity index (χ4v) is 4.98. The molecule has 1 saturated carbocycles. The van der Waals surface area contributed by atoms with Crippen molar-refractivity contribution in [2.75, 3.05) is 12.4 Å². The molecule has 1 N–H and O–H groups in total. The molecule has 0 atom stereocenters. The van der Waals surface area contributed by atoms with Crippen LogP contribution in [-0.2, 0) is 24.1 Å². The Hall–Kier alpha value is -3.28. The fourth-order valence-electron chi connectivity index (χ4n) is 4.98. The largest absolute Gasteiger partial charge is 0.497 e. The van der Waals surface area contributed by atoms with Crippen LogP contribution in [-0.4, -0.2) is 23.0 Å². The van der Waals surface area contributed by atoms with E-state index in [-0.39, 0.29) is 18.1 Å². The Labute approximate surface area is 193 Å². The zero-order valence-electron chi connectivity index (χ0n) is 18.9. The van der Waals surface area contributed by atoms with Gasteiger partial charge in [-0.3, -0.25) is 4.79 Å². The summed E-state index contributed by atoms with van der Waals surface area (Å²) < 4.78 is 18.6. The second-order valence-corrected chi connectivity index (χ2v) is 8.96. The minimum absolute atomic E-state index is 0.158. The highest BCUT2D eigenvalue weighted by atomic mass is 19.1. The Balaban J connectivity index is 1.49. The third-order valence-electron chi connectivity index (χ3n) is 6.72. The Morgan fingerprint density at radius 1 is 1.06 bits per heavy atom. The van der Waals surface area contributed by atoms with Crippen LogP contribution >= 0.6 is 0 Å². The highest BCUT2D eigenvalue weighted by Gasteiger charge is 2.27. The highest BCUT2D eigenvalue weighted by Crippen LogP contribution is 2.39. The van der Waals surface area contributed by atoms with Gasteiger partial charge < -0.3 is 10.1 Å². The molecular formula is C27H28FN3O2. The molecule has 2 aliphatic rings. The molecule has 6 heteroatoms. The molecule has 1 amide bonds. The molecular weight excluding hydrogens is 417 g/mol. The van der Waals surface area contributed by atoms with E-state index in [9.17, 15) is 9.18 Å². The average Bonchev–Trinajstić information content (AvgIpc) is 2.85. The van der Waals surface area contributed by atoms with Crippen molar-refractivity contribution in [2.45, 2.75) is 57.3 Å². The molecule has 0 spiro atoms. The number of benzene rings is 2. The highest BCUT2D eigenvalue weighted by molar-refractivity contribution is 5.92. The van der Waals surface area contributed by atoms with E-state index in [2.05, 4.69) is 17.4 Å². The number of aryl methyl sites for hydroxylation is 2. The number of nitrogens with one attached hydrogen (secondary N) is 1. The minimum atomic E-state index is -0.308. The topological polar surface area (TPSA) is 64.1 Å². The lowest BCUT2D eigenvalue weighted by molar-refractivity contribution is -0.115. The first-order valence-electron chi connectivity index (χ1n) is 11.7. The quantitative estimate of drug-likeness (QED) is 0.554. The summed E-state index contributed by atoms with van der Waals surface area (Å²) in [5.41, 5.74) is 5.83. The Bertz CT molecular complexity index is 1170. The van der Waals surface area contributed by atoms with E-state index >= 15 is 0 Å². The number of halogens is 1. The monoisotopic (exact) mass is 445 g/mol. The third-order valence-corrected chi connectivity index (χ3v) is 6.72. The molecule has 0 unspecified atom stereocenters. The smallest absolute Gasteiger partial charge is 0.229 e. The number of carbonyl (C=O) groups is 1. The standard InChI is InChI=1S/C27H28FN3O2/c1-33-21-12-13-22-19(16-21)9-14-23-26(22)31-25(18-5-3-2-4-6-18)27(29-23)30-24(32)15-17-7-10-20(28)11-8-17/h7-8,10-13,16,18H,2-6,9,14-15H2,1H3,(H,29,30,32). The Morgan fingerprint density at radius 2 is 1.85 bits per heavy atom. The van der Waals surface area contributed by atoms with E-state index in [1.807, 2.05) is 6.07 Å². The van der Waals surface area contributed by atoms with Crippen LogP contribution in [0.2, 0.25) is 0 Å². The van der Waals surface area contributed by atoms with Crippen LogP contribution in [0, 0.1) is 5.82 Å². The van der Waals surface area contributed by atoms with Gasteiger partial charge in [0.2, 0.25) is 5.91 Å². The van der Waals surface area contributed by atoms with Gasteiger partial charge in [-0.15, -0.1) is 0 Å². The summed E-state index contributed by atoms with van der Waals surface area (Å²) in [4.78, 5) is 22.9. The van der Waals surface area contributed by atoms with E-state index < -0.39 is 0 Å². The summed E-state index contributed by atoms with van der Waals surface area (Å²) in [5.74, 6) is 1.26. The number of amides is 1. The molecule has 33 heavy (non-hydrogen) atoms. The number of aromatic nitrogens is 2.